The van der Waals surface area contributed by atoms with E-state index in [0.29, 0.717) is 0 Å². The number of nitrogens with one attached hydrogen (secondary N) is 1. The van der Waals surface area contributed by atoms with Crippen molar-refractivity contribution < 1.29 is 14.6 Å². The van der Waals surface area contributed by atoms with Crippen LogP contribution in [0.1, 0.15) is 28.8 Å². The van der Waals surface area contributed by atoms with Crippen molar-refractivity contribution >= 4 is 11.8 Å². The van der Waals surface area contributed by atoms with E-state index in [1.165, 1.54) is 5.56 Å². The van der Waals surface area contributed by atoms with Gasteiger partial charge in [0.2, 0.25) is 0 Å². The van der Waals surface area contributed by atoms with Gasteiger partial charge in [-0.05, 0) is 61.7 Å². The molecule has 0 saturated carbocycles. The Labute approximate surface area is 157 Å². The van der Waals surface area contributed by atoms with Crippen LogP contribution in [0.25, 0.3) is 16.9 Å². The molecule has 0 bridgehead atoms. The molecule has 2 aromatic carbocycles. The van der Waals surface area contributed by atoms with Gasteiger partial charge in [-0.15, -0.1) is 0 Å². The molecule has 0 radical (unpaired) electrons. The van der Waals surface area contributed by atoms with Crippen molar-refractivity contribution in [3.05, 3.63) is 59.7 Å². The lowest BCUT2D eigenvalue weighted by Crippen LogP contribution is -2.08. The quantitative estimate of drug-likeness (QED) is 0.733. The number of aromatic carboxylic acids is 1. The van der Waals surface area contributed by atoms with Gasteiger partial charge in [0.05, 0.1) is 24.1 Å². The number of rotatable bonds is 4. The van der Waals surface area contributed by atoms with Crippen LogP contribution in [0.2, 0.25) is 0 Å². The van der Waals surface area contributed by atoms with Gasteiger partial charge in [0.15, 0.2) is 0 Å². The number of carboxylic acids is 1. The molecule has 0 unspecified atom stereocenters. The first-order valence-corrected chi connectivity index (χ1v) is 9.01. The first kappa shape index (κ1) is 17.1. The Morgan fingerprint density at radius 2 is 2.00 bits per heavy atom. The van der Waals surface area contributed by atoms with Crippen molar-refractivity contribution in [3.63, 3.8) is 0 Å². The largest absolute Gasteiger partial charge is 0.497 e. The highest BCUT2D eigenvalue weighted by molar-refractivity contribution is 5.88. The van der Waals surface area contributed by atoms with Gasteiger partial charge in [0.25, 0.3) is 0 Å². The number of anilines is 1. The van der Waals surface area contributed by atoms with Crippen LogP contribution in [0.5, 0.6) is 5.75 Å². The zero-order valence-corrected chi connectivity index (χ0v) is 15.1. The van der Waals surface area contributed by atoms with E-state index in [2.05, 4.69) is 5.32 Å². The predicted octanol–water partition coefficient (Wildman–Crippen LogP) is 3.99. The fourth-order valence-corrected chi connectivity index (χ4v) is 3.44. The summed E-state index contributed by atoms with van der Waals surface area (Å²) in [5.74, 6) is 0.802. The number of fused-ring (bicyclic) bond motifs is 1. The van der Waals surface area contributed by atoms with Crippen LogP contribution in [0.3, 0.4) is 0 Å². The molecule has 1 aromatic heterocycles. The summed E-state index contributed by atoms with van der Waals surface area (Å²) in [4.78, 5) is 11.4. The van der Waals surface area contributed by atoms with Crippen LogP contribution in [-0.4, -0.2) is 34.5 Å². The second kappa shape index (κ2) is 7.15. The van der Waals surface area contributed by atoms with Crippen molar-refractivity contribution in [2.45, 2.75) is 19.3 Å². The summed E-state index contributed by atoms with van der Waals surface area (Å²) in [5.41, 5.74) is 4.08. The third kappa shape index (κ3) is 3.26. The number of ether oxygens (including phenoxy) is 1. The van der Waals surface area contributed by atoms with Crippen LogP contribution < -0.4 is 10.1 Å². The minimum atomic E-state index is -0.946. The molecular formula is C21H21N3O3. The van der Waals surface area contributed by atoms with Gasteiger partial charge in [-0.2, -0.15) is 5.10 Å². The SMILES string of the molecule is COc1ccc(-c2nn(-c3cccc(C(=O)O)c3)c3c2CCCCN3)cc1. The lowest BCUT2D eigenvalue weighted by molar-refractivity contribution is 0.0697. The van der Waals surface area contributed by atoms with Gasteiger partial charge in [-0.3, -0.25) is 0 Å². The summed E-state index contributed by atoms with van der Waals surface area (Å²) < 4.78 is 7.08. The third-order valence-electron chi connectivity index (χ3n) is 4.83. The fraction of sp³-hybridized carbons (Fsp3) is 0.238. The predicted molar refractivity (Wildman–Crippen MR) is 104 cm³/mol. The summed E-state index contributed by atoms with van der Waals surface area (Å²) in [6.45, 7) is 0.874. The van der Waals surface area contributed by atoms with Crippen LogP contribution in [0.4, 0.5) is 5.82 Å². The molecule has 6 heteroatoms. The van der Waals surface area contributed by atoms with E-state index in [0.717, 1.165) is 54.3 Å². The van der Waals surface area contributed by atoms with Crippen molar-refractivity contribution in [1.82, 2.24) is 9.78 Å². The Hall–Kier alpha value is -3.28. The second-order valence-electron chi connectivity index (χ2n) is 6.56. The van der Waals surface area contributed by atoms with Gasteiger partial charge < -0.3 is 15.2 Å². The van der Waals surface area contributed by atoms with Gasteiger partial charge in [-0.25, -0.2) is 9.48 Å². The Kier molecular flexibility index (Phi) is 4.54. The van der Waals surface area contributed by atoms with Crippen molar-refractivity contribution in [3.8, 4) is 22.7 Å². The lowest BCUT2D eigenvalue weighted by atomic mass is 10.0. The van der Waals surface area contributed by atoms with E-state index >= 15 is 0 Å². The van der Waals surface area contributed by atoms with E-state index in [-0.39, 0.29) is 5.56 Å². The van der Waals surface area contributed by atoms with Crippen LogP contribution in [-0.2, 0) is 6.42 Å². The summed E-state index contributed by atoms with van der Waals surface area (Å²) in [5, 5.41) is 17.6. The van der Waals surface area contributed by atoms with Crippen LogP contribution in [0, 0.1) is 0 Å². The van der Waals surface area contributed by atoms with Crippen LogP contribution in [0.15, 0.2) is 48.5 Å². The maximum Gasteiger partial charge on any atom is 0.335 e. The normalized spacial score (nSPS) is 13.4. The molecule has 3 aromatic rings. The van der Waals surface area contributed by atoms with Gasteiger partial charge in [0, 0.05) is 17.7 Å². The number of methoxy groups -OCH3 is 1. The molecule has 1 aliphatic heterocycles. The summed E-state index contributed by atoms with van der Waals surface area (Å²) in [7, 11) is 1.65. The molecule has 2 N–H and O–H groups in total. The number of hydrogen-bond donors (Lipinski definition) is 2. The average molecular weight is 363 g/mol. The van der Waals surface area contributed by atoms with Gasteiger partial charge >= 0.3 is 5.97 Å². The van der Waals surface area contributed by atoms with E-state index in [1.807, 2.05) is 35.0 Å². The first-order valence-electron chi connectivity index (χ1n) is 9.01. The number of aromatic nitrogens is 2. The molecule has 6 nitrogen and oxygen atoms in total. The molecule has 0 aliphatic carbocycles. The molecule has 138 valence electrons. The molecule has 0 fully saturated rings. The molecule has 0 saturated heterocycles. The van der Waals surface area contributed by atoms with Gasteiger partial charge in [-0.1, -0.05) is 6.07 Å². The van der Waals surface area contributed by atoms with E-state index < -0.39 is 5.97 Å². The Bertz CT molecular complexity index is 977. The highest BCUT2D eigenvalue weighted by atomic mass is 16.5. The topological polar surface area (TPSA) is 76.4 Å². The average Bonchev–Trinajstić information content (AvgIpc) is 2.89. The second-order valence-corrected chi connectivity index (χ2v) is 6.56. The summed E-state index contributed by atoms with van der Waals surface area (Å²) in [6, 6.07) is 14.7. The molecule has 27 heavy (non-hydrogen) atoms. The maximum atomic E-state index is 11.4. The van der Waals surface area contributed by atoms with Gasteiger partial charge in [0.1, 0.15) is 11.6 Å². The minimum absolute atomic E-state index is 0.247. The van der Waals surface area contributed by atoms with E-state index in [1.54, 1.807) is 25.3 Å². The summed E-state index contributed by atoms with van der Waals surface area (Å²) in [6.07, 6.45) is 3.11. The Morgan fingerprint density at radius 3 is 2.74 bits per heavy atom. The smallest absolute Gasteiger partial charge is 0.335 e. The van der Waals surface area contributed by atoms with Crippen molar-refractivity contribution in [2.75, 3.05) is 19.0 Å². The lowest BCUT2D eigenvalue weighted by Gasteiger charge is -2.09. The third-order valence-corrected chi connectivity index (χ3v) is 4.83. The number of hydrogen-bond acceptors (Lipinski definition) is 4. The molecule has 4 rings (SSSR count). The monoisotopic (exact) mass is 363 g/mol. The molecule has 0 atom stereocenters. The highest BCUT2D eigenvalue weighted by Crippen LogP contribution is 2.34. The number of carboxylic acid groups (broad SMARTS) is 1. The summed E-state index contributed by atoms with van der Waals surface area (Å²) >= 11 is 0. The van der Waals surface area contributed by atoms with E-state index in [4.69, 9.17) is 9.84 Å². The van der Waals surface area contributed by atoms with Crippen molar-refractivity contribution in [1.29, 1.82) is 0 Å². The number of benzene rings is 2. The zero-order valence-electron chi connectivity index (χ0n) is 15.1. The van der Waals surface area contributed by atoms with Crippen LogP contribution >= 0.6 is 0 Å². The maximum absolute atomic E-state index is 11.4. The van der Waals surface area contributed by atoms with Crippen molar-refractivity contribution in [2.24, 2.45) is 0 Å². The highest BCUT2D eigenvalue weighted by Gasteiger charge is 2.22. The number of carbonyl (C=O) groups is 1. The molecular weight excluding hydrogens is 342 g/mol. The molecule has 0 spiro atoms. The standard InChI is InChI=1S/C21H21N3O3/c1-27-17-10-8-14(9-11-17)19-18-7-2-3-12-22-20(18)24(23-19)16-6-4-5-15(13-16)21(25)26/h4-6,8-11,13,22H,2-3,7,12H2,1H3,(H,25,26). The zero-order chi connectivity index (χ0) is 18.8. The molecule has 2 heterocycles. The Morgan fingerprint density at radius 1 is 1.19 bits per heavy atom. The first-order chi connectivity index (χ1) is 13.2. The molecule has 0 amide bonds. The fourth-order valence-electron chi connectivity index (χ4n) is 3.44. The van der Waals surface area contributed by atoms with E-state index in [9.17, 15) is 9.90 Å². The molecule has 1 aliphatic rings. The minimum Gasteiger partial charge on any atom is -0.497 e. The Balaban J connectivity index is 1.86. The number of nitrogens with zero attached hydrogens (tertiary/aromatic N) is 2.